The summed E-state index contributed by atoms with van der Waals surface area (Å²) >= 11 is 7.45. The molecule has 4 fully saturated rings. The van der Waals surface area contributed by atoms with Gasteiger partial charge in [0.15, 0.2) is 0 Å². The SMILES string of the molecule is COc1ccc(Br)cc1C1C2CC3CC(C2)CC1(c1cc(Br)ccc1OC)C3. The molecule has 6 rings (SSSR count). The van der Waals surface area contributed by atoms with Crippen LogP contribution in [-0.2, 0) is 5.41 Å². The summed E-state index contributed by atoms with van der Waals surface area (Å²) in [6.07, 6.45) is 6.64. The Hall–Kier alpha value is -1.00. The van der Waals surface area contributed by atoms with Crippen LogP contribution in [0.15, 0.2) is 45.3 Å². The van der Waals surface area contributed by atoms with Gasteiger partial charge in [0.1, 0.15) is 11.5 Å². The summed E-state index contributed by atoms with van der Waals surface area (Å²) in [5.74, 6) is 4.93. The van der Waals surface area contributed by atoms with Crippen molar-refractivity contribution in [2.24, 2.45) is 17.8 Å². The third-order valence-electron chi connectivity index (χ3n) is 7.54. The molecule has 4 saturated carbocycles. The van der Waals surface area contributed by atoms with Gasteiger partial charge in [-0.3, -0.25) is 0 Å². The molecule has 0 spiro atoms. The van der Waals surface area contributed by atoms with E-state index >= 15 is 0 Å². The minimum absolute atomic E-state index is 0.123. The number of benzene rings is 2. The Kier molecular flexibility index (Phi) is 4.78. The van der Waals surface area contributed by atoms with Crippen molar-refractivity contribution >= 4 is 31.9 Å². The summed E-state index contributed by atoms with van der Waals surface area (Å²) in [6.45, 7) is 0. The smallest absolute Gasteiger partial charge is 0.122 e. The maximum absolute atomic E-state index is 5.89. The fraction of sp³-hybridized carbons (Fsp3) is 0.500. The molecule has 2 aromatic rings. The van der Waals surface area contributed by atoms with Gasteiger partial charge in [-0.25, -0.2) is 0 Å². The number of hydrogen-bond acceptors (Lipinski definition) is 2. The van der Waals surface area contributed by atoms with Crippen LogP contribution < -0.4 is 9.47 Å². The highest BCUT2D eigenvalue weighted by atomic mass is 79.9. The Bertz CT molecular complexity index is 895. The first kappa shape index (κ1) is 19.0. The molecule has 0 aliphatic heterocycles. The Morgan fingerprint density at radius 2 is 1.43 bits per heavy atom. The predicted molar refractivity (Wildman–Crippen MR) is 119 cm³/mol. The molecule has 0 amide bonds. The molecule has 4 bridgehead atoms. The first-order valence-corrected chi connectivity index (χ1v) is 11.8. The second kappa shape index (κ2) is 7.05. The molecule has 4 aliphatic carbocycles. The highest BCUT2D eigenvalue weighted by Crippen LogP contribution is 2.68. The van der Waals surface area contributed by atoms with Crippen molar-refractivity contribution in [2.45, 2.75) is 43.4 Å². The summed E-state index contributed by atoms with van der Waals surface area (Å²) in [6, 6.07) is 13.1. The fourth-order valence-corrected chi connectivity index (χ4v) is 7.74. The van der Waals surface area contributed by atoms with Gasteiger partial charge in [-0.1, -0.05) is 31.9 Å². The lowest BCUT2D eigenvalue weighted by atomic mass is 9.42. The van der Waals surface area contributed by atoms with Crippen LogP contribution >= 0.6 is 31.9 Å². The van der Waals surface area contributed by atoms with Crippen LogP contribution in [0.25, 0.3) is 0 Å². The highest BCUT2D eigenvalue weighted by molar-refractivity contribution is 9.10. The van der Waals surface area contributed by atoms with Gasteiger partial charge in [-0.05, 0) is 91.8 Å². The second-order valence-electron chi connectivity index (χ2n) is 8.97. The van der Waals surface area contributed by atoms with Crippen LogP contribution in [0.1, 0.15) is 49.1 Å². The van der Waals surface area contributed by atoms with Gasteiger partial charge in [-0.15, -0.1) is 0 Å². The summed E-state index contributed by atoms with van der Waals surface area (Å²) in [4.78, 5) is 0. The third kappa shape index (κ3) is 2.86. The number of rotatable bonds is 4. The van der Waals surface area contributed by atoms with E-state index in [2.05, 4.69) is 68.3 Å². The van der Waals surface area contributed by atoms with Crippen LogP contribution in [-0.4, -0.2) is 14.2 Å². The molecule has 0 aromatic heterocycles. The largest absolute Gasteiger partial charge is 0.496 e. The molecule has 0 radical (unpaired) electrons. The Morgan fingerprint density at radius 1 is 0.821 bits per heavy atom. The molecule has 28 heavy (non-hydrogen) atoms. The van der Waals surface area contributed by atoms with Gasteiger partial charge < -0.3 is 9.47 Å². The van der Waals surface area contributed by atoms with E-state index in [0.29, 0.717) is 5.92 Å². The van der Waals surface area contributed by atoms with Crippen molar-refractivity contribution in [3.05, 3.63) is 56.5 Å². The van der Waals surface area contributed by atoms with Crippen LogP contribution in [0.5, 0.6) is 11.5 Å². The molecule has 4 heteroatoms. The van der Waals surface area contributed by atoms with E-state index in [-0.39, 0.29) is 5.41 Å². The highest BCUT2D eigenvalue weighted by Gasteiger charge is 2.59. The van der Waals surface area contributed by atoms with E-state index in [9.17, 15) is 0 Å². The second-order valence-corrected chi connectivity index (χ2v) is 10.8. The van der Waals surface area contributed by atoms with Gasteiger partial charge in [0.05, 0.1) is 14.2 Å². The molecule has 4 aliphatic rings. The standard InChI is InChI=1S/C24H26Br2O2/c1-27-21-5-3-17(25)10-19(21)23-16-8-14-7-15(9-16)13-24(23,12-14)20-11-18(26)4-6-22(20)28-2/h3-6,10-11,14-16,23H,7-9,12-13H2,1-2H3. The number of methoxy groups -OCH3 is 2. The van der Waals surface area contributed by atoms with Gasteiger partial charge in [-0.2, -0.15) is 0 Å². The topological polar surface area (TPSA) is 18.5 Å². The van der Waals surface area contributed by atoms with Crippen molar-refractivity contribution in [1.82, 2.24) is 0 Å². The van der Waals surface area contributed by atoms with Gasteiger partial charge >= 0.3 is 0 Å². The molecule has 3 unspecified atom stereocenters. The third-order valence-corrected chi connectivity index (χ3v) is 8.52. The molecule has 3 atom stereocenters. The maximum Gasteiger partial charge on any atom is 0.122 e. The lowest BCUT2D eigenvalue weighted by Gasteiger charge is -2.62. The molecular weight excluding hydrogens is 480 g/mol. The van der Waals surface area contributed by atoms with E-state index in [1.165, 1.54) is 43.2 Å². The fourth-order valence-electron chi connectivity index (χ4n) is 7.00. The average molecular weight is 506 g/mol. The van der Waals surface area contributed by atoms with Gasteiger partial charge in [0.25, 0.3) is 0 Å². The zero-order chi connectivity index (χ0) is 19.5. The monoisotopic (exact) mass is 504 g/mol. The minimum Gasteiger partial charge on any atom is -0.496 e. The summed E-state index contributed by atoms with van der Waals surface area (Å²) in [5, 5.41) is 0. The Labute approximate surface area is 184 Å². The first-order chi connectivity index (χ1) is 13.5. The number of hydrogen-bond donors (Lipinski definition) is 0. The van der Waals surface area contributed by atoms with Gasteiger partial charge in [0.2, 0.25) is 0 Å². The molecule has 148 valence electrons. The van der Waals surface area contributed by atoms with Crippen LogP contribution in [0.2, 0.25) is 0 Å². The quantitative estimate of drug-likeness (QED) is 0.441. The van der Waals surface area contributed by atoms with E-state index in [1.807, 2.05) is 7.11 Å². The molecular formula is C24H26Br2O2. The molecule has 2 aromatic carbocycles. The summed E-state index contributed by atoms with van der Waals surface area (Å²) in [5.41, 5.74) is 2.87. The molecule has 2 nitrogen and oxygen atoms in total. The van der Waals surface area contributed by atoms with Gasteiger partial charge in [0, 0.05) is 25.8 Å². The minimum atomic E-state index is 0.123. The zero-order valence-corrected chi connectivity index (χ0v) is 19.6. The maximum atomic E-state index is 5.89. The Balaban J connectivity index is 1.74. The zero-order valence-electron chi connectivity index (χ0n) is 16.4. The summed E-state index contributed by atoms with van der Waals surface area (Å²) < 4.78 is 14.0. The van der Waals surface area contributed by atoms with Crippen molar-refractivity contribution in [2.75, 3.05) is 14.2 Å². The summed E-state index contributed by atoms with van der Waals surface area (Å²) in [7, 11) is 3.61. The Morgan fingerprint density at radius 3 is 2.07 bits per heavy atom. The first-order valence-electron chi connectivity index (χ1n) is 10.2. The van der Waals surface area contributed by atoms with E-state index in [0.717, 1.165) is 38.2 Å². The van der Waals surface area contributed by atoms with Crippen molar-refractivity contribution in [3.63, 3.8) is 0 Å². The number of halogens is 2. The molecule has 0 saturated heterocycles. The van der Waals surface area contributed by atoms with E-state index in [4.69, 9.17) is 9.47 Å². The molecule has 0 heterocycles. The van der Waals surface area contributed by atoms with Crippen LogP contribution in [0, 0.1) is 17.8 Å². The average Bonchev–Trinajstić information content (AvgIpc) is 2.67. The van der Waals surface area contributed by atoms with Crippen molar-refractivity contribution in [3.8, 4) is 11.5 Å². The normalized spacial score (nSPS) is 33.1. The van der Waals surface area contributed by atoms with E-state index < -0.39 is 0 Å². The lowest BCUT2D eigenvalue weighted by Crippen LogP contribution is -2.54. The predicted octanol–water partition coefficient (Wildman–Crippen LogP) is 7.09. The van der Waals surface area contributed by atoms with Crippen molar-refractivity contribution < 1.29 is 9.47 Å². The number of ether oxygens (including phenoxy) is 2. The van der Waals surface area contributed by atoms with Crippen LogP contribution in [0.3, 0.4) is 0 Å². The van der Waals surface area contributed by atoms with E-state index in [1.54, 1.807) is 7.11 Å². The molecule has 0 N–H and O–H groups in total. The lowest BCUT2D eigenvalue weighted by molar-refractivity contribution is -0.0296. The van der Waals surface area contributed by atoms with Crippen molar-refractivity contribution in [1.29, 1.82) is 0 Å². The van der Waals surface area contributed by atoms with Crippen LogP contribution in [0.4, 0.5) is 0 Å².